The molecule has 1 aromatic rings. The van der Waals surface area contributed by atoms with Gasteiger partial charge in [-0.3, -0.25) is 4.90 Å². The third-order valence-electron chi connectivity index (χ3n) is 2.68. The molecule has 0 radical (unpaired) electrons. The van der Waals surface area contributed by atoms with E-state index in [0.29, 0.717) is 6.61 Å². The van der Waals surface area contributed by atoms with Crippen molar-refractivity contribution in [2.45, 2.75) is 39.7 Å². The Labute approximate surface area is 97.3 Å². The highest BCUT2D eigenvalue weighted by Crippen LogP contribution is 2.10. The Morgan fingerprint density at radius 3 is 2.56 bits per heavy atom. The van der Waals surface area contributed by atoms with E-state index in [1.165, 1.54) is 0 Å². The van der Waals surface area contributed by atoms with E-state index in [1.54, 1.807) is 0 Å². The molecule has 1 rings (SSSR count). The minimum absolute atomic E-state index is 0.293. The zero-order valence-electron chi connectivity index (χ0n) is 10.5. The molecule has 0 atom stereocenters. The van der Waals surface area contributed by atoms with Crippen molar-refractivity contribution in [3.05, 3.63) is 17.3 Å². The second kappa shape index (κ2) is 6.66. The fourth-order valence-electron chi connectivity index (χ4n) is 1.59. The van der Waals surface area contributed by atoms with Crippen LogP contribution in [0, 0.1) is 13.8 Å². The number of oxazole rings is 1. The number of aliphatic hydroxyl groups excluding tert-OH is 1. The molecular weight excluding hydrogens is 204 g/mol. The summed E-state index contributed by atoms with van der Waals surface area (Å²) in [5, 5.41) is 8.66. The number of aliphatic hydroxyl groups is 1. The van der Waals surface area contributed by atoms with Crippen LogP contribution in [0.15, 0.2) is 4.42 Å². The van der Waals surface area contributed by atoms with Gasteiger partial charge in [0.2, 0.25) is 5.89 Å². The molecule has 0 amide bonds. The van der Waals surface area contributed by atoms with Gasteiger partial charge in [-0.15, -0.1) is 0 Å². The van der Waals surface area contributed by atoms with Crippen molar-refractivity contribution >= 4 is 0 Å². The highest BCUT2D eigenvalue weighted by atomic mass is 16.4. The standard InChI is InChI=1S/C12H22N2O2/c1-10-11(2)16-12(13-10)9-14(3)7-5-4-6-8-15/h15H,4-9H2,1-3H3. The lowest BCUT2D eigenvalue weighted by Gasteiger charge is -2.13. The lowest BCUT2D eigenvalue weighted by atomic mass is 10.2. The van der Waals surface area contributed by atoms with Crippen LogP contribution in [0.2, 0.25) is 0 Å². The van der Waals surface area contributed by atoms with Gasteiger partial charge in [0.05, 0.1) is 12.2 Å². The summed E-state index contributed by atoms with van der Waals surface area (Å²) < 4.78 is 5.52. The third kappa shape index (κ3) is 4.33. The van der Waals surface area contributed by atoms with Crippen molar-refractivity contribution in [3.8, 4) is 0 Å². The molecule has 0 spiro atoms. The van der Waals surface area contributed by atoms with E-state index in [4.69, 9.17) is 9.52 Å². The van der Waals surface area contributed by atoms with Crippen LogP contribution in [0.4, 0.5) is 0 Å². The van der Waals surface area contributed by atoms with E-state index in [0.717, 1.165) is 49.7 Å². The molecule has 0 aliphatic carbocycles. The molecule has 1 aromatic heterocycles. The number of aryl methyl sites for hydroxylation is 2. The second-order valence-electron chi connectivity index (χ2n) is 4.27. The molecule has 0 unspecified atom stereocenters. The Morgan fingerprint density at radius 2 is 2.00 bits per heavy atom. The molecule has 0 aliphatic rings. The number of hydrogen-bond acceptors (Lipinski definition) is 4. The number of rotatable bonds is 7. The highest BCUT2D eigenvalue weighted by molar-refractivity contribution is 5.05. The van der Waals surface area contributed by atoms with Crippen molar-refractivity contribution < 1.29 is 9.52 Å². The largest absolute Gasteiger partial charge is 0.444 e. The van der Waals surface area contributed by atoms with Gasteiger partial charge in [0, 0.05) is 6.61 Å². The fraction of sp³-hybridized carbons (Fsp3) is 0.750. The first-order chi connectivity index (χ1) is 7.63. The van der Waals surface area contributed by atoms with Crippen LogP contribution in [-0.4, -0.2) is 35.2 Å². The normalized spacial score (nSPS) is 11.3. The molecule has 16 heavy (non-hydrogen) atoms. The average molecular weight is 226 g/mol. The van der Waals surface area contributed by atoms with Gasteiger partial charge in [-0.05, 0) is 46.7 Å². The smallest absolute Gasteiger partial charge is 0.208 e. The van der Waals surface area contributed by atoms with Crippen LogP contribution >= 0.6 is 0 Å². The van der Waals surface area contributed by atoms with Gasteiger partial charge >= 0.3 is 0 Å². The van der Waals surface area contributed by atoms with Gasteiger partial charge < -0.3 is 9.52 Å². The molecule has 0 aliphatic heterocycles. The third-order valence-corrected chi connectivity index (χ3v) is 2.68. The Hall–Kier alpha value is -0.870. The number of unbranched alkanes of at least 4 members (excludes halogenated alkanes) is 2. The molecule has 4 heteroatoms. The van der Waals surface area contributed by atoms with E-state index in [2.05, 4.69) is 16.9 Å². The van der Waals surface area contributed by atoms with E-state index in [9.17, 15) is 0 Å². The quantitative estimate of drug-likeness (QED) is 0.721. The van der Waals surface area contributed by atoms with Crippen LogP contribution in [0.3, 0.4) is 0 Å². The topological polar surface area (TPSA) is 49.5 Å². The van der Waals surface area contributed by atoms with Crippen molar-refractivity contribution in [3.63, 3.8) is 0 Å². The van der Waals surface area contributed by atoms with Gasteiger partial charge in [-0.25, -0.2) is 4.98 Å². The zero-order valence-corrected chi connectivity index (χ0v) is 10.5. The molecule has 0 aromatic carbocycles. The molecule has 1 heterocycles. The number of nitrogens with zero attached hydrogens (tertiary/aromatic N) is 2. The summed E-state index contributed by atoms with van der Waals surface area (Å²) in [6, 6.07) is 0. The van der Waals surface area contributed by atoms with E-state index < -0.39 is 0 Å². The zero-order chi connectivity index (χ0) is 12.0. The lowest BCUT2D eigenvalue weighted by molar-refractivity contribution is 0.260. The Morgan fingerprint density at radius 1 is 1.25 bits per heavy atom. The number of aromatic nitrogens is 1. The first-order valence-corrected chi connectivity index (χ1v) is 5.85. The number of hydrogen-bond donors (Lipinski definition) is 1. The fourth-order valence-corrected chi connectivity index (χ4v) is 1.59. The SMILES string of the molecule is Cc1nc(CN(C)CCCCCO)oc1C. The van der Waals surface area contributed by atoms with Crippen LogP contribution < -0.4 is 0 Å². The van der Waals surface area contributed by atoms with Crippen LogP contribution in [0.5, 0.6) is 0 Å². The molecule has 4 nitrogen and oxygen atoms in total. The van der Waals surface area contributed by atoms with E-state index in [-0.39, 0.29) is 0 Å². The van der Waals surface area contributed by atoms with Crippen molar-refractivity contribution in [2.24, 2.45) is 0 Å². The van der Waals surface area contributed by atoms with Crippen LogP contribution in [0.25, 0.3) is 0 Å². The summed E-state index contributed by atoms with van der Waals surface area (Å²) >= 11 is 0. The summed E-state index contributed by atoms with van der Waals surface area (Å²) in [4.78, 5) is 6.54. The Kier molecular flexibility index (Phi) is 5.49. The minimum atomic E-state index is 0.293. The second-order valence-corrected chi connectivity index (χ2v) is 4.27. The maximum atomic E-state index is 8.66. The molecule has 0 fully saturated rings. The lowest BCUT2D eigenvalue weighted by Crippen LogP contribution is -2.19. The van der Waals surface area contributed by atoms with Crippen molar-refractivity contribution in [1.82, 2.24) is 9.88 Å². The summed E-state index contributed by atoms with van der Waals surface area (Å²) in [5.41, 5.74) is 0.976. The van der Waals surface area contributed by atoms with Crippen molar-refractivity contribution in [1.29, 1.82) is 0 Å². The van der Waals surface area contributed by atoms with Gasteiger partial charge in [0.15, 0.2) is 0 Å². The summed E-state index contributed by atoms with van der Waals surface area (Å²) in [6.07, 6.45) is 3.07. The maximum Gasteiger partial charge on any atom is 0.208 e. The minimum Gasteiger partial charge on any atom is -0.444 e. The molecule has 0 saturated heterocycles. The van der Waals surface area contributed by atoms with Gasteiger partial charge in [-0.2, -0.15) is 0 Å². The Balaban J connectivity index is 2.25. The first kappa shape index (κ1) is 13.2. The highest BCUT2D eigenvalue weighted by Gasteiger charge is 2.07. The molecular formula is C12H22N2O2. The molecule has 0 bridgehead atoms. The van der Waals surface area contributed by atoms with Gasteiger partial charge in [-0.1, -0.05) is 0 Å². The summed E-state index contributed by atoms with van der Waals surface area (Å²) in [6.45, 7) is 5.97. The van der Waals surface area contributed by atoms with Gasteiger partial charge in [0.25, 0.3) is 0 Å². The van der Waals surface area contributed by atoms with E-state index >= 15 is 0 Å². The van der Waals surface area contributed by atoms with Crippen LogP contribution in [-0.2, 0) is 6.54 Å². The van der Waals surface area contributed by atoms with E-state index in [1.807, 2.05) is 13.8 Å². The molecule has 1 N–H and O–H groups in total. The monoisotopic (exact) mass is 226 g/mol. The predicted octanol–water partition coefficient (Wildman–Crippen LogP) is 1.89. The predicted molar refractivity (Wildman–Crippen MR) is 63.2 cm³/mol. The van der Waals surface area contributed by atoms with Crippen molar-refractivity contribution in [2.75, 3.05) is 20.2 Å². The summed E-state index contributed by atoms with van der Waals surface area (Å²) in [7, 11) is 2.06. The Bertz CT molecular complexity index is 290. The molecule has 0 saturated carbocycles. The summed E-state index contributed by atoms with van der Waals surface area (Å²) in [5.74, 6) is 1.70. The molecule has 92 valence electrons. The average Bonchev–Trinajstić information content (AvgIpc) is 2.53. The maximum absolute atomic E-state index is 8.66. The first-order valence-electron chi connectivity index (χ1n) is 5.85. The van der Waals surface area contributed by atoms with Crippen LogP contribution in [0.1, 0.15) is 36.6 Å². The van der Waals surface area contributed by atoms with Gasteiger partial charge in [0.1, 0.15) is 5.76 Å².